The van der Waals surface area contributed by atoms with E-state index in [4.69, 9.17) is 4.74 Å². The molecular weight excluding hydrogens is 286 g/mol. The van der Waals surface area contributed by atoms with Gasteiger partial charge in [0.15, 0.2) is 0 Å². The third kappa shape index (κ3) is 4.55. The van der Waals surface area contributed by atoms with E-state index in [1.165, 1.54) is 32.4 Å². The Hall–Kier alpha value is -1.39. The van der Waals surface area contributed by atoms with E-state index in [1.54, 1.807) is 6.20 Å². The van der Waals surface area contributed by atoms with Crippen molar-refractivity contribution in [1.29, 1.82) is 0 Å². The highest BCUT2D eigenvalue weighted by atomic mass is 35.5. The lowest BCUT2D eigenvalue weighted by Crippen LogP contribution is -2.27. The zero-order chi connectivity index (χ0) is 13.6. The lowest BCUT2D eigenvalue weighted by Gasteiger charge is -2.22. The van der Waals surface area contributed by atoms with Crippen LogP contribution in [0.1, 0.15) is 25.7 Å². The monoisotopic (exact) mass is 307 g/mol. The standard InChI is InChI=1S/C16H21N3O.ClH/c1-2-6-15-14(5-1)18-12-16(19-15)20-11-3-4-13-7-9-17-10-8-13;/h1-2,5-6,12-13,17H,3-4,7-11H2;1H. The molecule has 0 radical (unpaired) electrons. The number of fused-ring (bicyclic) bond motifs is 1. The van der Waals surface area contributed by atoms with Gasteiger partial charge < -0.3 is 10.1 Å². The Bertz CT molecular complexity index is 558. The van der Waals surface area contributed by atoms with Crippen molar-refractivity contribution in [2.45, 2.75) is 25.7 Å². The van der Waals surface area contributed by atoms with E-state index in [0.29, 0.717) is 5.88 Å². The van der Waals surface area contributed by atoms with E-state index in [-0.39, 0.29) is 12.4 Å². The molecule has 2 heterocycles. The lowest BCUT2D eigenvalue weighted by atomic mass is 9.93. The zero-order valence-corrected chi connectivity index (χ0v) is 12.9. The van der Waals surface area contributed by atoms with Crippen LogP contribution in [0.15, 0.2) is 30.5 Å². The Morgan fingerprint density at radius 2 is 1.90 bits per heavy atom. The van der Waals surface area contributed by atoms with Gasteiger partial charge in [0, 0.05) is 0 Å². The average molecular weight is 308 g/mol. The van der Waals surface area contributed by atoms with Gasteiger partial charge >= 0.3 is 0 Å². The van der Waals surface area contributed by atoms with Crippen molar-refractivity contribution in [3.63, 3.8) is 0 Å². The maximum atomic E-state index is 5.72. The molecule has 1 aliphatic heterocycles. The number of halogens is 1. The summed E-state index contributed by atoms with van der Waals surface area (Å²) < 4.78 is 5.72. The van der Waals surface area contributed by atoms with Crippen LogP contribution in [0, 0.1) is 5.92 Å². The first-order chi connectivity index (χ1) is 9.92. The van der Waals surface area contributed by atoms with Crippen LogP contribution in [0.4, 0.5) is 0 Å². The molecule has 1 N–H and O–H groups in total. The molecule has 0 atom stereocenters. The van der Waals surface area contributed by atoms with Crippen molar-refractivity contribution in [3.8, 4) is 5.88 Å². The van der Waals surface area contributed by atoms with Gasteiger partial charge in [0.05, 0.1) is 23.8 Å². The molecule has 0 unspecified atom stereocenters. The average Bonchev–Trinajstić information content (AvgIpc) is 2.52. The second-order valence-corrected chi connectivity index (χ2v) is 5.38. The molecule has 0 amide bonds. The predicted molar refractivity (Wildman–Crippen MR) is 87.1 cm³/mol. The quantitative estimate of drug-likeness (QED) is 0.862. The van der Waals surface area contributed by atoms with Gasteiger partial charge in [-0.15, -0.1) is 12.4 Å². The number of aromatic nitrogens is 2. The van der Waals surface area contributed by atoms with Crippen molar-refractivity contribution >= 4 is 23.4 Å². The summed E-state index contributed by atoms with van der Waals surface area (Å²) in [6.45, 7) is 3.07. The molecule has 0 saturated carbocycles. The SMILES string of the molecule is Cl.c1ccc2nc(OCCCC3CCNCC3)cnc2c1. The molecule has 114 valence electrons. The van der Waals surface area contributed by atoms with Gasteiger partial charge in [0.1, 0.15) is 0 Å². The Morgan fingerprint density at radius 3 is 2.71 bits per heavy atom. The van der Waals surface area contributed by atoms with E-state index in [0.717, 1.165) is 30.0 Å². The highest BCUT2D eigenvalue weighted by Crippen LogP contribution is 2.18. The summed E-state index contributed by atoms with van der Waals surface area (Å²) in [7, 11) is 0. The molecule has 1 aromatic carbocycles. The molecule has 1 saturated heterocycles. The van der Waals surface area contributed by atoms with Gasteiger partial charge in [-0.2, -0.15) is 0 Å². The zero-order valence-electron chi connectivity index (χ0n) is 12.1. The number of nitrogens with one attached hydrogen (secondary N) is 1. The minimum absolute atomic E-state index is 0. The minimum Gasteiger partial charge on any atom is -0.477 e. The molecule has 3 rings (SSSR count). The molecule has 1 fully saturated rings. The van der Waals surface area contributed by atoms with Crippen molar-refractivity contribution in [2.75, 3.05) is 19.7 Å². The van der Waals surface area contributed by atoms with Gasteiger partial charge in [-0.25, -0.2) is 9.97 Å². The van der Waals surface area contributed by atoms with Crippen molar-refractivity contribution in [3.05, 3.63) is 30.5 Å². The fourth-order valence-corrected chi connectivity index (χ4v) is 2.73. The molecule has 4 nitrogen and oxygen atoms in total. The summed E-state index contributed by atoms with van der Waals surface area (Å²) >= 11 is 0. The largest absolute Gasteiger partial charge is 0.477 e. The number of rotatable bonds is 5. The van der Waals surface area contributed by atoms with Gasteiger partial charge in [0.25, 0.3) is 0 Å². The third-order valence-electron chi connectivity index (χ3n) is 3.89. The van der Waals surface area contributed by atoms with Gasteiger partial charge in [-0.05, 0) is 56.8 Å². The maximum Gasteiger partial charge on any atom is 0.232 e. The topological polar surface area (TPSA) is 47.0 Å². The van der Waals surface area contributed by atoms with E-state index < -0.39 is 0 Å². The summed E-state index contributed by atoms with van der Waals surface area (Å²) in [6, 6.07) is 7.86. The fraction of sp³-hybridized carbons (Fsp3) is 0.500. The predicted octanol–water partition coefficient (Wildman–Crippen LogP) is 3.21. The Kier molecular flexibility index (Phi) is 6.21. The molecule has 2 aromatic rings. The van der Waals surface area contributed by atoms with Crippen molar-refractivity contribution in [1.82, 2.24) is 15.3 Å². The van der Waals surface area contributed by atoms with Crippen LogP contribution in [0.3, 0.4) is 0 Å². The van der Waals surface area contributed by atoms with Gasteiger partial charge in [-0.3, -0.25) is 0 Å². The number of ether oxygens (including phenoxy) is 1. The molecular formula is C16H22ClN3O. The Morgan fingerprint density at radius 1 is 1.14 bits per heavy atom. The summed E-state index contributed by atoms with van der Waals surface area (Å²) in [5, 5.41) is 3.40. The fourth-order valence-electron chi connectivity index (χ4n) is 2.73. The van der Waals surface area contributed by atoms with Gasteiger partial charge in [0.2, 0.25) is 5.88 Å². The van der Waals surface area contributed by atoms with Crippen molar-refractivity contribution in [2.24, 2.45) is 5.92 Å². The molecule has 0 spiro atoms. The molecule has 5 heteroatoms. The second-order valence-electron chi connectivity index (χ2n) is 5.38. The van der Waals surface area contributed by atoms with E-state index in [2.05, 4.69) is 15.3 Å². The Labute approximate surface area is 131 Å². The van der Waals surface area contributed by atoms with E-state index in [1.807, 2.05) is 24.3 Å². The third-order valence-corrected chi connectivity index (χ3v) is 3.89. The summed E-state index contributed by atoms with van der Waals surface area (Å²) in [6.07, 6.45) is 6.67. The van der Waals surface area contributed by atoms with Crippen LogP contribution in [-0.4, -0.2) is 29.7 Å². The highest BCUT2D eigenvalue weighted by Gasteiger charge is 2.12. The smallest absolute Gasteiger partial charge is 0.232 e. The van der Waals surface area contributed by atoms with Crippen LogP contribution in [0.5, 0.6) is 5.88 Å². The Balaban J connectivity index is 0.00000161. The first kappa shape index (κ1) is 16.0. The molecule has 0 aliphatic carbocycles. The summed E-state index contributed by atoms with van der Waals surface area (Å²) in [4.78, 5) is 8.82. The van der Waals surface area contributed by atoms with Crippen LogP contribution in [0.2, 0.25) is 0 Å². The lowest BCUT2D eigenvalue weighted by molar-refractivity contribution is 0.266. The summed E-state index contributed by atoms with van der Waals surface area (Å²) in [5.41, 5.74) is 1.80. The maximum absolute atomic E-state index is 5.72. The highest BCUT2D eigenvalue weighted by molar-refractivity contribution is 5.85. The van der Waals surface area contributed by atoms with Crippen LogP contribution in [-0.2, 0) is 0 Å². The van der Waals surface area contributed by atoms with Crippen LogP contribution in [0.25, 0.3) is 11.0 Å². The number of nitrogens with zero attached hydrogens (tertiary/aromatic N) is 2. The number of hydrogen-bond acceptors (Lipinski definition) is 4. The number of para-hydroxylation sites is 2. The minimum atomic E-state index is 0. The first-order valence-corrected chi connectivity index (χ1v) is 7.47. The normalized spacial score (nSPS) is 15.6. The molecule has 0 bridgehead atoms. The molecule has 1 aromatic heterocycles. The molecule has 1 aliphatic rings. The first-order valence-electron chi connectivity index (χ1n) is 7.47. The molecule has 21 heavy (non-hydrogen) atoms. The summed E-state index contributed by atoms with van der Waals surface area (Å²) in [5.74, 6) is 1.50. The van der Waals surface area contributed by atoms with E-state index in [9.17, 15) is 0 Å². The van der Waals surface area contributed by atoms with E-state index >= 15 is 0 Å². The van der Waals surface area contributed by atoms with Crippen molar-refractivity contribution < 1.29 is 4.74 Å². The second kappa shape index (κ2) is 8.15. The number of benzene rings is 1. The van der Waals surface area contributed by atoms with Gasteiger partial charge in [-0.1, -0.05) is 12.1 Å². The number of hydrogen-bond donors (Lipinski definition) is 1. The van der Waals surface area contributed by atoms with Crippen LogP contribution < -0.4 is 10.1 Å². The number of piperidine rings is 1. The van der Waals surface area contributed by atoms with Crippen LogP contribution >= 0.6 is 12.4 Å².